The standard InChI is InChI=1S/C14H23N5O2.ClH/c1-9-5-13(18-17-9)6-16-14(21)11-3-4-12(15)8-19(7-11)10(2)20;/h5,11-12H,3-4,6-8,15H2,1-2H3,(H,16,21)(H,17,18);1H/t11-,12+;/m1./s1. The zero-order valence-electron chi connectivity index (χ0n) is 13.0. The monoisotopic (exact) mass is 329 g/mol. The lowest BCUT2D eigenvalue weighted by Crippen LogP contribution is -2.42. The van der Waals surface area contributed by atoms with Crippen molar-refractivity contribution in [3.05, 3.63) is 17.5 Å². The van der Waals surface area contributed by atoms with E-state index in [1.54, 1.807) is 4.90 Å². The Morgan fingerprint density at radius 2 is 2.18 bits per heavy atom. The lowest BCUT2D eigenvalue weighted by atomic mass is 10.0. The number of hydrogen-bond donors (Lipinski definition) is 3. The van der Waals surface area contributed by atoms with E-state index in [9.17, 15) is 9.59 Å². The van der Waals surface area contributed by atoms with Gasteiger partial charge in [0.1, 0.15) is 0 Å². The van der Waals surface area contributed by atoms with Crippen molar-refractivity contribution in [3.8, 4) is 0 Å². The minimum Gasteiger partial charge on any atom is -0.350 e. The molecule has 2 atom stereocenters. The van der Waals surface area contributed by atoms with E-state index in [0.717, 1.165) is 17.8 Å². The van der Waals surface area contributed by atoms with Crippen molar-refractivity contribution in [1.29, 1.82) is 0 Å². The minimum absolute atomic E-state index is 0. The third-order valence-corrected chi connectivity index (χ3v) is 3.80. The molecule has 2 rings (SSSR count). The van der Waals surface area contributed by atoms with Crippen LogP contribution in [0.25, 0.3) is 0 Å². The molecule has 8 heteroatoms. The first kappa shape index (κ1) is 18.4. The molecule has 124 valence electrons. The maximum absolute atomic E-state index is 12.3. The van der Waals surface area contributed by atoms with E-state index >= 15 is 0 Å². The van der Waals surface area contributed by atoms with E-state index in [1.807, 2.05) is 13.0 Å². The van der Waals surface area contributed by atoms with Gasteiger partial charge in [-0.1, -0.05) is 0 Å². The summed E-state index contributed by atoms with van der Waals surface area (Å²) in [5.74, 6) is -0.286. The highest BCUT2D eigenvalue weighted by Crippen LogP contribution is 2.16. The lowest BCUT2D eigenvalue weighted by molar-refractivity contribution is -0.131. The van der Waals surface area contributed by atoms with Crippen LogP contribution in [-0.4, -0.2) is 46.0 Å². The van der Waals surface area contributed by atoms with Gasteiger partial charge in [-0.3, -0.25) is 14.7 Å². The summed E-state index contributed by atoms with van der Waals surface area (Å²) >= 11 is 0. The number of carbonyl (C=O) groups is 2. The van der Waals surface area contributed by atoms with Crippen molar-refractivity contribution in [3.63, 3.8) is 0 Å². The number of aromatic nitrogens is 2. The molecule has 0 unspecified atom stereocenters. The van der Waals surface area contributed by atoms with Crippen LogP contribution >= 0.6 is 12.4 Å². The van der Waals surface area contributed by atoms with Crippen LogP contribution in [0.15, 0.2) is 6.07 Å². The zero-order valence-corrected chi connectivity index (χ0v) is 13.8. The maximum Gasteiger partial charge on any atom is 0.225 e. The van der Waals surface area contributed by atoms with E-state index in [0.29, 0.717) is 26.1 Å². The van der Waals surface area contributed by atoms with Gasteiger partial charge in [0.2, 0.25) is 11.8 Å². The highest BCUT2D eigenvalue weighted by Gasteiger charge is 2.28. The molecule has 1 aromatic rings. The van der Waals surface area contributed by atoms with Crippen molar-refractivity contribution in [2.45, 2.75) is 39.3 Å². The van der Waals surface area contributed by atoms with E-state index < -0.39 is 0 Å². The SMILES string of the molecule is CC(=O)N1C[C@@H](N)CC[C@@H](C(=O)NCc2cc(C)[nH]n2)C1.Cl. The molecular formula is C14H24ClN5O2. The van der Waals surface area contributed by atoms with E-state index in [1.165, 1.54) is 6.92 Å². The first-order valence-electron chi connectivity index (χ1n) is 7.25. The van der Waals surface area contributed by atoms with Gasteiger partial charge in [-0.05, 0) is 25.8 Å². The Labute approximate surface area is 136 Å². The summed E-state index contributed by atoms with van der Waals surface area (Å²) in [5, 5.41) is 9.81. The Kier molecular flexibility index (Phi) is 6.83. The second kappa shape index (κ2) is 8.14. The number of carbonyl (C=O) groups excluding carboxylic acids is 2. The van der Waals surface area contributed by atoms with Gasteiger partial charge in [-0.15, -0.1) is 12.4 Å². The van der Waals surface area contributed by atoms with Crippen LogP contribution in [0.1, 0.15) is 31.2 Å². The normalized spacial score (nSPS) is 21.7. The fourth-order valence-corrected chi connectivity index (χ4v) is 2.58. The summed E-state index contributed by atoms with van der Waals surface area (Å²) in [6, 6.07) is 1.84. The van der Waals surface area contributed by atoms with Crippen molar-refractivity contribution in [2.75, 3.05) is 13.1 Å². The average Bonchev–Trinajstić information content (AvgIpc) is 2.73. The molecular weight excluding hydrogens is 306 g/mol. The molecule has 0 saturated carbocycles. The summed E-state index contributed by atoms with van der Waals surface area (Å²) in [5.41, 5.74) is 7.71. The average molecular weight is 330 g/mol. The second-order valence-corrected chi connectivity index (χ2v) is 5.72. The highest BCUT2D eigenvalue weighted by molar-refractivity contribution is 5.85. The second-order valence-electron chi connectivity index (χ2n) is 5.72. The molecule has 0 bridgehead atoms. The number of aromatic amines is 1. The van der Waals surface area contributed by atoms with Crippen LogP contribution in [0.2, 0.25) is 0 Å². The van der Waals surface area contributed by atoms with Gasteiger partial charge in [0.25, 0.3) is 0 Å². The third-order valence-electron chi connectivity index (χ3n) is 3.80. The number of hydrogen-bond acceptors (Lipinski definition) is 4. The predicted molar refractivity (Wildman–Crippen MR) is 85.4 cm³/mol. The maximum atomic E-state index is 12.3. The van der Waals surface area contributed by atoms with E-state index in [4.69, 9.17) is 5.73 Å². The minimum atomic E-state index is -0.206. The van der Waals surface area contributed by atoms with E-state index in [-0.39, 0.29) is 36.2 Å². The topological polar surface area (TPSA) is 104 Å². The number of rotatable bonds is 3. The Balaban J connectivity index is 0.00000242. The number of nitrogens with zero attached hydrogens (tertiary/aromatic N) is 2. The van der Waals surface area contributed by atoms with Gasteiger partial charge in [-0.2, -0.15) is 5.10 Å². The molecule has 22 heavy (non-hydrogen) atoms. The molecule has 1 aliphatic heterocycles. The number of H-pyrrole nitrogens is 1. The molecule has 0 radical (unpaired) electrons. The summed E-state index contributed by atoms with van der Waals surface area (Å²) in [7, 11) is 0. The zero-order chi connectivity index (χ0) is 15.4. The smallest absolute Gasteiger partial charge is 0.225 e. The van der Waals surface area contributed by atoms with Gasteiger partial charge >= 0.3 is 0 Å². The molecule has 0 aliphatic carbocycles. The summed E-state index contributed by atoms with van der Waals surface area (Å²) < 4.78 is 0. The van der Waals surface area contributed by atoms with Crippen LogP contribution in [-0.2, 0) is 16.1 Å². The Morgan fingerprint density at radius 3 is 2.77 bits per heavy atom. The molecule has 0 spiro atoms. The van der Waals surface area contributed by atoms with Crippen molar-refractivity contribution in [1.82, 2.24) is 20.4 Å². The van der Waals surface area contributed by atoms with E-state index in [2.05, 4.69) is 15.5 Å². The number of nitrogens with two attached hydrogens (primary N) is 1. The van der Waals surface area contributed by atoms with Crippen molar-refractivity contribution < 1.29 is 9.59 Å². The fraction of sp³-hybridized carbons (Fsp3) is 0.643. The van der Waals surface area contributed by atoms with Gasteiger partial charge < -0.3 is 16.0 Å². The Bertz CT molecular complexity index is 519. The van der Waals surface area contributed by atoms with Crippen LogP contribution in [0.4, 0.5) is 0 Å². The van der Waals surface area contributed by atoms with Crippen LogP contribution in [0.3, 0.4) is 0 Å². The van der Waals surface area contributed by atoms with Crippen molar-refractivity contribution >= 4 is 24.2 Å². The molecule has 4 N–H and O–H groups in total. The van der Waals surface area contributed by atoms with Gasteiger partial charge in [0, 0.05) is 31.7 Å². The van der Waals surface area contributed by atoms with Gasteiger partial charge in [0.05, 0.1) is 18.2 Å². The summed E-state index contributed by atoms with van der Waals surface area (Å²) in [6.45, 7) is 4.78. The number of amides is 2. The molecule has 1 fully saturated rings. The first-order chi connectivity index (χ1) is 9.95. The summed E-state index contributed by atoms with van der Waals surface area (Å²) in [4.78, 5) is 25.5. The molecule has 2 amide bonds. The molecule has 2 heterocycles. The molecule has 0 aromatic carbocycles. The number of likely N-dealkylation sites (tertiary alicyclic amines) is 1. The van der Waals surface area contributed by atoms with Gasteiger partial charge in [-0.25, -0.2) is 0 Å². The molecule has 1 saturated heterocycles. The number of aryl methyl sites for hydroxylation is 1. The Morgan fingerprint density at radius 1 is 1.45 bits per heavy atom. The Hall–Kier alpha value is -1.60. The lowest BCUT2D eigenvalue weighted by Gasteiger charge is -2.23. The fourth-order valence-electron chi connectivity index (χ4n) is 2.58. The van der Waals surface area contributed by atoms with Crippen LogP contribution in [0, 0.1) is 12.8 Å². The van der Waals surface area contributed by atoms with Crippen molar-refractivity contribution in [2.24, 2.45) is 11.7 Å². The predicted octanol–water partition coefficient (Wildman–Crippen LogP) is 0.342. The quantitative estimate of drug-likeness (QED) is 0.744. The van der Waals surface area contributed by atoms with Crippen LogP contribution in [0.5, 0.6) is 0 Å². The number of nitrogens with one attached hydrogen (secondary N) is 2. The third kappa shape index (κ3) is 4.99. The van der Waals surface area contributed by atoms with Crippen LogP contribution < -0.4 is 11.1 Å². The highest BCUT2D eigenvalue weighted by atomic mass is 35.5. The molecule has 1 aromatic heterocycles. The number of halogens is 1. The van der Waals surface area contributed by atoms with Gasteiger partial charge in [0.15, 0.2) is 0 Å². The molecule has 7 nitrogen and oxygen atoms in total. The largest absolute Gasteiger partial charge is 0.350 e. The molecule has 1 aliphatic rings. The first-order valence-corrected chi connectivity index (χ1v) is 7.25. The summed E-state index contributed by atoms with van der Waals surface area (Å²) in [6.07, 6.45) is 1.46.